The van der Waals surface area contributed by atoms with E-state index in [4.69, 9.17) is 9.47 Å². The van der Waals surface area contributed by atoms with Crippen molar-refractivity contribution in [3.8, 4) is 11.3 Å². The van der Waals surface area contributed by atoms with Crippen LogP contribution in [0, 0.1) is 0 Å². The van der Waals surface area contributed by atoms with Gasteiger partial charge < -0.3 is 24.7 Å². The summed E-state index contributed by atoms with van der Waals surface area (Å²) in [6, 6.07) is 10.2. The van der Waals surface area contributed by atoms with E-state index in [1.54, 1.807) is 0 Å². The van der Waals surface area contributed by atoms with Crippen molar-refractivity contribution >= 4 is 29.9 Å². The molecule has 4 rings (SSSR count). The number of benzene rings is 1. The molecular weight excluding hydrogens is 505 g/mol. The van der Waals surface area contributed by atoms with Crippen LogP contribution in [0.4, 0.5) is 0 Å². The van der Waals surface area contributed by atoms with Gasteiger partial charge in [0.1, 0.15) is 5.82 Å². The number of rotatable bonds is 6. The van der Waals surface area contributed by atoms with Gasteiger partial charge in [-0.3, -0.25) is 4.99 Å². The Balaban J connectivity index is 0.00000272. The third-order valence-electron chi connectivity index (χ3n) is 5.87. The smallest absolute Gasteiger partial charge is 0.194 e. The van der Waals surface area contributed by atoms with Crippen molar-refractivity contribution in [3.63, 3.8) is 0 Å². The van der Waals surface area contributed by atoms with E-state index >= 15 is 0 Å². The second-order valence-electron chi connectivity index (χ2n) is 8.02. The van der Waals surface area contributed by atoms with Crippen molar-refractivity contribution in [2.75, 3.05) is 33.4 Å². The van der Waals surface area contributed by atoms with E-state index in [2.05, 4.69) is 37.3 Å². The molecule has 2 aliphatic heterocycles. The van der Waals surface area contributed by atoms with Crippen molar-refractivity contribution in [2.24, 2.45) is 4.99 Å². The monoisotopic (exact) mass is 539 g/mol. The average Bonchev–Trinajstić information content (AvgIpc) is 3.29. The van der Waals surface area contributed by atoms with E-state index < -0.39 is 0 Å². The summed E-state index contributed by atoms with van der Waals surface area (Å²) in [5, 5.41) is 3.44. The van der Waals surface area contributed by atoms with Crippen molar-refractivity contribution in [1.29, 1.82) is 0 Å². The Bertz CT molecular complexity index is 799. The molecule has 2 fully saturated rings. The number of guanidine groups is 1. The van der Waals surface area contributed by atoms with Gasteiger partial charge in [0, 0.05) is 26.7 Å². The third-order valence-corrected chi connectivity index (χ3v) is 5.87. The number of hydrogen-bond acceptors (Lipinski definition) is 4. The lowest BCUT2D eigenvalue weighted by Gasteiger charge is -2.35. The normalized spacial score (nSPS) is 20.4. The molecule has 1 atom stereocenters. The number of likely N-dealkylation sites (tertiary alicyclic amines) is 1. The lowest BCUT2D eigenvalue weighted by atomic mass is 10.1. The topological polar surface area (TPSA) is 74.8 Å². The van der Waals surface area contributed by atoms with Crippen LogP contribution in [0.2, 0.25) is 0 Å². The number of H-pyrrole nitrogens is 1. The summed E-state index contributed by atoms with van der Waals surface area (Å²) in [4.78, 5) is 14.7. The van der Waals surface area contributed by atoms with Gasteiger partial charge in [0.2, 0.25) is 0 Å². The molecule has 2 saturated heterocycles. The highest BCUT2D eigenvalue weighted by atomic mass is 127. The molecule has 7 nitrogen and oxygen atoms in total. The molecule has 2 aliphatic rings. The van der Waals surface area contributed by atoms with Gasteiger partial charge in [0.25, 0.3) is 0 Å². The maximum Gasteiger partial charge on any atom is 0.194 e. The summed E-state index contributed by atoms with van der Waals surface area (Å²) in [5.41, 5.74) is 2.17. The van der Waals surface area contributed by atoms with Gasteiger partial charge in [-0.2, -0.15) is 0 Å². The first-order valence-corrected chi connectivity index (χ1v) is 11.1. The largest absolute Gasteiger partial charge is 0.376 e. The molecule has 0 saturated carbocycles. The molecule has 1 unspecified atom stereocenters. The third kappa shape index (κ3) is 6.92. The fraction of sp³-hybridized carbons (Fsp3) is 0.565. The van der Waals surface area contributed by atoms with Crippen LogP contribution in [0.15, 0.2) is 41.5 Å². The molecule has 1 aromatic heterocycles. The Labute approximate surface area is 202 Å². The minimum Gasteiger partial charge on any atom is -0.376 e. The predicted octanol–water partition coefficient (Wildman–Crippen LogP) is 3.82. The molecule has 0 aliphatic carbocycles. The first-order chi connectivity index (χ1) is 14.8. The van der Waals surface area contributed by atoms with Gasteiger partial charge in [-0.15, -0.1) is 24.0 Å². The highest BCUT2D eigenvalue weighted by molar-refractivity contribution is 14.0. The molecule has 0 amide bonds. The summed E-state index contributed by atoms with van der Waals surface area (Å²) in [7, 11) is 1.84. The number of halogens is 1. The van der Waals surface area contributed by atoms with Gasteiger partial charge in [0.05, 0.1) is 37.3 Å². The van der Waals surface area contributed by atoms with Crippen LogP contribution in [-0.2, 0) is 16.0 Å². The molecule has 31 heavy (non-hydrogen) atoms. The van der Waals surface area contributed by atoms with Crippen molar-refractivity contribution < 1.29 is 9.47 Å². The maximum atomic E-state index is 6.13. The Morgan fingerprint density at radius 2 is 2.03 bits per heavy atom. The van der Waals surface area contributed by atoms with E-state index in [1.165, 1.54) is 12.8 Å². The molecule has 0 bridgehead atoms. The quantitative estimate of drug-likeness (QED) is 0.332. The summed E-state index contributed by atoms with van der Waals surface area (Å²) in [6.07, 6.45) is 8.12. The van der Waals surface area contributed by atoms with Gasteiger partial charge in [-0.25, -0.2) is 4.98 Å². The van der Waals surface area contributed by atoms with E-state index in [-0.39, 0.29) is 24.0 Å². The standard InChI is InChI=1S/C23H33N5O2.HI/c1-24-23(26-16-22-25-15-21(27-22)18-7-3-2-4-8-18)28-12-10-19(11-13-28)30-17-20-9-5-6-14-29-20;/h2-4,7-8,15,19-20H,5-6,9-14,16-17H2,1H3,(H,24,26)(H,25,27);1H. The number of aromatic nitrogens is 2. The first kappa shape index (κ1) is 24.0. The number of imidazole rings is 1. The Kier molecular flexibility index (Phi) is 9.60. The molecule has 2 aromatic rings. The van der Waals surface area contributed by atoms with Crippen molar-refractivity contribution in [2.45, 2.75) is 50.9 Å². The van der Waals surface area contributed by atoms with Gasteiger partial charge in [-0.05, 0) is 37.7 Å². The summed E-state index contributed by atoms with van der Waals surface area (Å²) >= 11 is 0. The second kappa shape index (κ2) is 12.4. The zero-order valence-corrected chi connectivity index (χ0v) is 20.6. The maximum absolute atomic E-state index is 6.13. The highest BCUT2D eigenvalue weighted by Crippen LogP contribution is 2.18. The highest BCUT2D eigenvalue weighted by Gasteiger charge is 2.23. The SMILES string of the molecule is CN=C(NCc1ncc(-c2ccccc2)[nH]1)N1CCC(OCC2CCCCO2)CC1.I. The summed E-state index contributed by atoms with van der Waals surface area (Å²) in [6.45, 7) is 4.14. The van der Waals surface area contributed by atoms with Crippen LogP contribution >= 0.6 is 24.0 Å². The number of nitrogens with one attached hydrogen (secondary N) is 2. The molecule has 170 valence electrons. The Morgan fingerprint density at radius 1 is 1.23 bits per heavy atom. The number of nitrogens with zero attached hydrogens (tertiary/aromatic N) is 3. The lowest BCUT2D eigenvalue weighted by molar-refractivity contribution is -0.0721. The number of ether oxygens (including phenoxy) is 2. The minimum atomic E-state index is 0. The van der Waals surface area contributed by atoms with Gasteiger partial charge >= 0.3 is 0 Å². The first-order valence-electron chi connectivity index (χ1n) is 11.1. The Morgan fingerprint density at radius 3 is 2.74 bits per heavy atom. The fourth-order valence-corrected chi connectivity index (χ4v) is 4.13. The van der Waals surface area contributed by atoms with E-state index in [0.29, 0.717) is 18.8 Å². The van der Waals surface area contributed by atoms with E-state index in [0.717, 1.165) is 68.6 Å². The molecule has 1 aromatic carbocycles. The zero-order chi connectivity index (χ0) is 20.6. The number of aliphatic imine (C=N–C) groups is 1. The summed E-state index contributed by atoms with van der Waals surface area (Å²) in [5.74, 6) is 1.82. The molecule has 2 N–H and O–H groups in total. The van der Waals surface area contributed by atoms with Crippen LogP contribution in [-0.4, -0.2) is 66.4 Å². The second-order valence-corrected chi connectivity index (χ2v) is 8.02. The van der Waals surface area contributed by atoms with Gasteiger partial charge in [0.15, 0.2) is 5.96 Å². The molecular formula is C23H34IN5O2. The minimum absolute atomic E-state index is 0. The fourth-order valence-electron chi connectivity index (χ4n) is 4.13. The lowest BCUT2D eigenvalue weighted by Crippen LogP contribution is -2.47. The van der Waals surface area contributed by atoms with Crippen LogP contribution in [0.25, 0.3) is 11.3 Å². The van der Waals surface area contributed by atoms with E-state index in [9.17, 15) is 0 Å². The van der Waals surface area contributed by atoms with Crippen LogP contribution in [0.1, 0.15) is 37.9 Å². The van der Waals surface area contributed by atoms with Gasteiger partial charge in [-0.1, -0.05) is 30.3 Å². The van der Waals surface area contributed by atoms with Crippen LogP contribution in [0.3, 0.4) is 0 Å². The van der Waals surface area contributed by atoms with Crippen molar-refractivity contribution in [1.82, 2.24) is 20.2 Å². The molecule has 8 heteroatoms. The number of hydrogen-bond donors (Lipinski definition) is 2. The average molecular weight is 539 g/mol. The van der Waals surface area contributed by atoms with Crippen molar-refractivity contribution in [3.05, 3.63) is 42.4 Å². The van der Waals surface area contributed by atoms with E-state index in [1.807, 2.05) is 31.4 Å². The number of aromatic amines is 1. The Hall–Kier alpha value is -1.65. The molecule has 3 heterocycles. The van der Waals surface area contributed by atoms with Crippen LogP contribution in [0.5, 0.6) is 0 Å². The number of piperidine rings is 1. The van der Waals surface area contributed by atoms with Crippen LogP contribution < -0.4 is 5.32 Å². The molecule has 0 spiro atoms. The molecule has 0 radical (unpaired) electrons. The predicted molar refractivity (Wildman–Crippen MR) is 134 cm³/mol. The summed E-state index contributed by atoms with van der Waals surface area (Å²) < 4.78 is 11.9. The zero-order valence-electron chi connectivity index (χ0n) is 18.3.